The summed E-state index contributed by atoms with van der Waals surface area (Å²) >= 11 is 0. The lowest BCUT2D eigenvalue weighted by Gasteiger charge is -1.63. The third-order valence-corrected chi connectivity index (χ3v) is 0.954. The molecule has 0 amide bonds. The Balaban J connectivity index is 0.000000112. The average Bonchev–Trinajstić information content (AvgIpc) is 2.64. The second-order valence-corrected chi connectivity index (χ2v) is 1.75. The van der Waals surface area contributed by atoms with Gasteiger partial charge in [-0.3, -0.25) is 0 Å². The molecule has 0 aromatic carbocycles. The van der Waals surface area contributed by atoms with Crippen molar-refractivity contribution in [1.82, 2.24) is 4.98 Å². The van der Waals surface area contributed by atoms with Crippen molar-refractivity contribution in [2.45, 2.75) is 0 Å². The summed E-state index contributed by atoms with van der Waals surface area (Å²) in [4.78, 5) is 6.45. The highest BCUT2D eigenvalue weighted by Gasteiger charge is 1.65. The summed E-state index contributed by atoms with van der Waals surface area (Å²) in [6, 6.07) is 5.86. The molecule has 0 saturated heterocycles. The second-order valence-electron chi connectivity index (χ2n) is 1.75. The lowest BCUT2D eigenvalue weighted by atomic mass is 10.5. The Morgan fingerprint density at radius 1 is 1.09 bits per heavy atom. The number of pyridine rings is 1. The Hall–Kier alpha value is -1.64. The van der Waals surface area contributed by atoms with Crippen LogP contribution in [0.4, 0.5) is 0 Å². The summed E-state index contributed by atoms with van der Waals surface area (Å²) in [6.07, 6.45) is 8.22. The fourth-order valence-electron chi connectivity index (χ4n) is 0.518. The van der Waals surface area contributed by atoms with Crippen LogP contribution in [0, 0.1) is 0 Å². The molecular weight excluding hydrogens is 140 g/mol. The highest BCUT2D eigenvalue weighted by Crippen LogP contribution is 1.72. The number of nitrogens with one attached hydrogen (secondary N) is 1. The van der Waals surface area contributed by atoms with Crippen molar-refractivity contribution < 1.29 is 9.40 Å². The second kappa shape index (κ2) is 5.17. The molecule has 0 atom stereocenters. The number of nitrogens with zero attached hydrogens (tertiary/aromatic N) is 1. The molecule has 0 bridgehead atoms. The third-order valence-electron chi connectivity index (χ3n) is 0.954. The lowest BCUT2D eigenvalue weighted by molar-refractivity contribution is -0.377. The van der Waals surface area contributed by atoms with E-state index in [0.717, 1.165) is 0 Å². The molecule has 0 unspecified atom stereocenters. The molecule has 3 nitrogen and oxygen atoms in total. The van der Waals surface area contributed by atoms with Gasteiger partial charge in [0.2, 0.25) is 0 Å². The minimum atomic E-state index is 1.38. The van der Waals surface area contributed by atoms with Gasteiger partial charge in [-0.05, 0) is 0 Å². The Labute approximate surface area is 64.7 Å². The van der Waals surface area contributed by atoms with Gasteiger partial charge in [0.25, 0.3) is 0 Å². The van der Waals surface area contributed by atoms with Crippen molar-refractivity contribution in [2.75, 3.05) is 0 Å². The van der Waals surface area contributed by atoms with Crippen molar-refractivity contribution in [1.29, 1.82) is 0 Å². The molecule has 11 heavy (non-hydrogen) atoms. The summed E-state index contributed by atoms with van der Waals surface area (Å²) in [5.74, 6) is 0. The van der Waals surface area contributed by atoms with Gasteiger partial charge in [-0.1, -0.05) is 6.07 Å². The molecule has 2 rings (SSSR count). The molecule has 0 aliphatic rings. The van der Waals surface area contributed by atoms with E-state index in [9.17, 15) is 0 Å². The summed E-state index contributed by atoms with van der Waals surface area (Å²) < 4.78 is 4.47. The number of aromatic nitrogens is 2. The zero-order valence-electron chi connectivity index (χ0n) is 5.97. The number of rotatable bonds is 0. The number of hydrogen-bond acceptors (Lipinski definition) is 2. The average molecular weight is 149 g/mol. The van der Waals surface area contributed by atoms with Crippen molar-refractivity contribution in [3.63, 3.8) is 0 Å². The fourth-order valence-corrected chi connectivity index (χ4v) is 0.518. The minimum Gasteiger partial charge on any atom is -0.452 e. The maximum Gasteiger partial charge on any atom is 0.180 e. The van der Waals surface area contributed by atoms with E-state index in [1.54, 1.807) is 6.20 Å². The van der Waals surface area contributed by atoms with E-state index < -0.39 is 0 Å². The van der Waals surface area contributed by atoms with Crippen LogP contribution in [-0.4, -0.2) is 4.98 Å². The molecule has 0 aliphatic heterocycles. The number of hydrogen-bond donors (Lipinski definition) is 0. The maximum absolute atomic E-state index is 4.47. The Kier molecular flexibility index (Phi) is 3.51. The van der Waals surface area contributed by atoms with Crippen LogP contribution in [0.15, 0.2) is 53.9 Å². The predicted octanol–water partition coefficient (Wildman–Crippen LogP) is 1.18. The van der Waals surface area contributed by atoms with Gasteiger partial charge in [-0.15, -0.1) is 0 Å². The number of oxazole rings is 1. The van der Waals surface area contributed by atoms with Crippen LogP contribution in [-0.2, 0) is 0 Å². The molecule has 2 aromatic rings. The first kappa shape index (κ1) is 7.47. The standard InChI is InChI=1S/C5H5N.C3H3NO/c1-2-4-6-5-3-1;1-2-5-3-4-1/h1-5H;1-3H/p+1. The van der Waals surface area contributed by atoms with E-state index in [2.05, 4.69) is 14.4 Å². The van der Waals surface area contributed by atoms with Gasteiger partial charge in [0.15, 0.2) is 18.8 Å². The van der Waals surface area contributed by atoms with Gasteiger partial charge >= 0.3 is 0 Å². The molecule has 1 N–H and O–H groups in total. The Morgan fingerprint density at radius 2 is 1.91 bits per heavy atom. The summed E-state index contributed by atoms with van der Waals surface area (Å²) in [5.41, 5.74) is 0. The summed E-state index contributed by atoms with van der Waals surface area (Å²) in [7, 11) is 0. The van der Waals surface area contributed by atoms with E-state index in [-0.39, 0.29) is 0 Å². The molecule has 0 saturated carbocycles. The number of H-pyrrole nitrogens is 1. The SMILES string of the molecule is c1cc[nH+]cc1.c1cocn1. The van der Waals surface area contributed by atoms with Crippen molar-refractivity contribution >= 4 is 0 Å². The number of aromatic amines is 1. The Morgan fingerprint density at radius 3 is 2.09 bits per heavy atom. The van der Waals surface area contributed by atoms with Gasteiger partial charge in [-0.25, -0.2) is 9.97 Å². The van der Waals surface area contributed by atoms with Gasteiger partial charge in [0.1, 0.15) is 6.26 Å². The Bertz CT molecular complexity index is 198. The quantitative estimate of drug-likeness (QED) is 0.564. The van der Waals surface area contributed by atoms with Crippen LogP contribution < -0.4 is 4.98 Å². The molecule has 0 spiro atoms. The van der Waals surface area contributed by atoms with E-state index in [1.807, 2.05) is 30.6 Å². The van der Waals surface area contributed by atoms with Crippen molar-refractivity contribution in [2.24, 2.45) is 0 Å². The zero-order valence-corrected chi connectivity index (χ0v) is 5.97. The van der Waals surface area contributed by atoms with Crippen LogP contribution in [0.25, 0.3) is 0 Å². The molecule has 2 heterocycles. The van der Waals surface area contributed by atoms with Gasteiger partial charge in [0.05, 0.1) is 6.20 Å². The van der Waals surface area contributed by atoms with Crippen LogP contribution in [0.3, 0.4) is 0 Å². The molecule has 0 fully saturated rings. The molecule has 2 aromatic heterocycles. The molecule has 3 heteroatoms. The molecule has 0 aliphatic carbocycles. The first-order valence-electron chi connectivity index (χ1n) is 3.23. The van der Waals surface area contributed by atoms with E-state index in [1.165, 1.54) is 12.7 Å². The maximum atomic E-state index is 4.47. The topological polar surface area (TPSA) is 40.2 Å². The van der Waals surface area contributed by atoms with Crippen LogP contribution in [0.1, 0.15) is 0 Å². The first-order valence-corrected chi connectivity index (χ1v) is 3.23. The molecule has 56 valence electrons. The summed E-state index contributed by atoms with van der Waals surface area (Å²) in [5, 5.41) is 0. The van der Waals surface area contributed by atoms with E-state index in [0.29, 0.717) is 0 Å². The van der Waals surface area contributed by atoms with Gasteiger partial charge in [-0.2, -0.15) is 0 Å². The molecular formula is C8H9N2O+. The smallest absolute Gasteiger partial charge is 0.180 e. The van der Waals surface area contributed by atoms with E-state index in [4.69, 9.17) is 0 Å². The fraction of sp³-hybridized carbons (Fsp3) is 0. The predicted molar refractivity (Wildman–Crippen MR) is 39.5 cm³/mol. The van der Waals surface area contributed by atoms with Crippen LogP contribution in [0.2, 0.25) is 0 Å². The normalized spacial score (nSPS) is 8.00. The largest absolute Gasteiger partial charge is 0.452 e. The van der Waals surface area contributed by atoms with Crippen LogP contribution >= 0.6 is 0 Å². The lowest BCUT2D eigenvalue weighted by Crippen LogP contribution is -1.93. The van der Waals surface area contributed by atoms with Crippen molar-refractivity contribution in [3.05, 3.63) is 49.4 Å². The van der Waals surface area contributed by atoms with Gasteiger partial charge in [0, 0.05) is 12.1 Å². The molecule has 0 radical (unpaired) electrons. The first-order chi connectivity index (χ1) is 5.50. The zero-order chi connectivity index (χ0) is 7.78. The minimum absolute atomic E-state index is 1.38. The van der Waals surface area contributed by atoms with Gasteiger partial charge < -0.3 is 4.42 Å². The highest BCUT2D eigenvalue weighted by atomic mass is 16.3. The third kappa shape index (κ3) is 3.86. The monoisotopic (exact) mass is 149 g/mol. The van der Waals surface area contributed by atoms with Crippen molar-refractivity contribution in [3.8, 4) is 0 Å². The summed E-state index contributed by atoms with van der Waals surface area (Å²) in [6.45, 7) is 0. The van der Waals surface area contributed by atoms with Crippen LogP contribution in [0.5, 0.6) is 0 Å². The van der Waals surface area contributed by atoms with E-state index >= 15 is 0 Å². The highest BCUT2D eigenvalue weighted by molar-refractivity contribution is 4.82.